The first-order valence-electron chi connectivity index (χ1n) is 7.03. The SMILES string of the molecule is COCCOCCOc1ccc(CNC(C)C)c(C)n1. The molecule has 1 N–H and O–H groups in total. The Labute approximate surface area is 121 Å². The van der Waals surface area contributed by atoms with Gasteiger partial charge in [-0.15, -0.1) is 0 Å². The number of aryl methyl sites for hydroxylation is 1. The Hall–Kier alpha value is -1.17. The summed E-state index contributed by atoms with van der Waals surface area (Å²) in [4.78, 5) is 4.44. The van der Waals surface area contributed by atoms with Crippen LogP contribution in [0.1, 0.15) is 25.1 Å². The molecule has 0 amide bonds. The number of nitrogens with zero attached hydrogens (tertiary/aromatic N) is 1. The molecule has 0 aliphatic heterocycles. The van der Waals surface area contributed by atoms with E-state index in [4.69, 9.17) is 14.2 Å². The van der Waals surface area contributed by atoms with Crippen molar-refractivity contribution in [2.24, 2.45) is 0 Å². The van der Waals surface area contributed by atoms with Crippen LogP contribution in [0.15, 0.2) is 12.1 Å². The van der Waals surface area contributed by atoms with Gasteiger partial charge in [-0.3, -0.25) is 0 Å². The molecule has 0 spiro atoms. The van der Waals surface area contributed by atoms with E-state index in [2.05, 4.69) is 30.2 Å². The fourth-order valence-electron chi connectivity index (χ4n) is 1.60. The van der Waals surface area contributed by atoms with E-state index in [1.807, 2.05) is 13.0 Å². The van der Waals surface area contributed by atoms with Crippen LogP contribution in [0.2, 0.25) is 0 Å². The third kappa shape index (κ3) is 6.84. The van der Waals surface area contributed by atoms with Crippen molar-refractivity contribution in [1.82, 2.24) is 10.3 Å². The number of nitrogens with one attached hydrogen (secondary N) is 1. The van der Waals surface area contributed by atoms with Gasteiger partial charge in [0.1, 0.15) is 6.61 Å². The monoisotopic (exact) mass is 282 g/mol. The lowest BCUT2D eigenvalue weighted by Crippen LogP contribution is -2.22. The van der Waals surface area contributed by atoms with E-state index in [-0.39, 0.29) is 0 Å². The maximum Gasteiger partial charge on any atom is 0.213 e. The topological polar surface area (TPSA) is 52.6 Å². The molecular weight excluding hydrogens is 256 g/mol. The maximum absolute atomic E-state index is 5.55. The number of rotatable bonds is 10. The summed E-state index contributed by atoms with van der Waals surface area (Å²) < 4.78 is 15.8. The lowest BCUT2D eigenvalue weighted by Gasteiger charge is -2.12. The van der Waals surface area contributed by atoms with Crippen molar-refractivity contribution in [3.05, 3.63) is 23.4 Å². The predicted molar refractivity (Wildman–Crippen MR) is 79.1 cm³/mol. The predicted octanol–water partition coefficient (Wildman–Crippen LogP) is 1.93. The zero-order valence-corrected chi connectivity index (χ0v) is 12.9. The molecule has 1 heterocycles. The number of ether oxygens (including phenoxy) is 3. The van der Waals surface area contributed by atoms with Gasteiger partial charge in [0.2, 0.25) is 5.88 Å². The lowest BCUT2D eigenvalue weighted by atomic mass is 10.2. The third-order valence-electron chi connectivity index (χ3n) is 2.78. The van der Waals surface area contributed by atoms with Gasteiger partial charge in [-0.05, 0) is 12.5 Å². The van der Waals surface area contributed by atoms with Gasteiger partial charge in [-0.25, -0.2) is 4.98 Å². The molecule has 1 aromatic rings. The highest BCUT2D eigenvalue weighted by atomic mass is 16.5. The fraction of sp³-hybridized carbons (Fsp3) is 0.667. The maximum atomic E-state index is 5.55. The number of aromatic nitrogens is 1. The Morgan fingerprint density at radius 1 is 1.15 bits per heavy atom. The molecule has 20 heavy (non-hydrogen) atoms. The van der Waals surface area contributed by atoms with Gasteiger partial charge < -0.3 is 19.5 Å². The fourth-order valence-corrected chi connectivity index (χ4v) is 1.60. The zero-order valence-electron chi connectivity index (χ0n) is 12.9. The summed E-state index contributed by atoms with van der Waals surface area (Å²) in [6.45, 7) is 9.32. The molecule has 114 valence electrons. The van der Waals surface area contributed by atoms with E-state index >= 15 is 0 Å². The summed E-state index contributed by atoms with van der Waals surface area (Å²) in [5.74, 6) is 0.645. The first kappa shape index (κ1) is 16.9. The minimum Gasteiger partial charge on any atom is -0.475 e. The van der Waals surface area contributed by atoms with Gasteiger partial charge in [0.15, 0.2) is 0 Å². The second-order valence-corrected chi connectivity index (χ2v) is 4.88. The number of hydrogen-bond acceptors (Lipinski definition) is 5. The second-order valence-electron chi connectivity index (χ2n) is 4.88. The van der Waals surface area contributed by atoms with Gasteiger partial charge in [0, 0.05) is 31.5 Å². The summed E-state index contributed by atoms with van der Waals surface area (Å²) in [6, 6.07) is 4.42. The molecule has 0 saturated carbocycles. The summed E-state index contributed by atoms with van der Waals surface area (Å²) in [6.07, 6.45) is 0. The molecule has 0 radical (unpaired) electrons. The van der Waals surface area contributed by atoms with Crippen LogP contribution < -0.4 is 10.1 Å². The summed E-state index contributed by atoms with van der Waals surface area (Å²) >= 11 is 0. The first-order valence-corrected chi connectivity index (χ1v) is 7.03. The normalized spacial score (nSPS) is 11.1. The molecule has 5 nitrogen and oxygen atoms in total. The van der Waals surface area contributed by atoms with Crippen LogP contribution in [0.5, 0.6) is 5.88 Å². The zero-order chi connectivity index (χ0) is 14.8. The Balaban J connectivity index is 2.31. The molecule has 5 heteroatoms. The minimum absolute atomic E-state index is 0.467. The Bertz CT molecular complexity index is 383. The van der Waals surface area contributed by atoms with Crippen LogP contribution in [-0.2, 0) is 16.0 Å². The van der Waals surface area contributed by atoms with Gasteiger partial charge in [0.05, 0.1) is 19.8 Å². The molecule has 0 saturated heterocycles. The Morgan fingerprint density at radius 3 is 2.55 bits per heavy atom. The molecule has 0 fully saturated rings. The van der Waals surface area contributed by atoms with Crippen LogP contribution in [0.3, 0.4) is 0 Å². The van der Waals surface area contributed by atoms with Gasteiger partial charge in [-0.2, -0.15) is 0 Å². The van der Waals surface area contributed by atoms with E-state index in [1.54, 1.807) is 7.11 Å². The molecule has 1 rings (SSSR count). The molecule has 0 bridgehead atoms. The van der Waals surface area contributed by atoms with E-state index < -0.39 is 0 Å². The van der Waals surface area contributed by atoms with E-state index in [1.165, 1.54) is 5.56 Å². The summed E-state index contributed by atoms with van der Waals surface area (Å²) in [7, 11) is 1.66. The van der Waals surface area contributed by atoms with Crippen molar-refractivity contribution in [2.45, 2.75) is 33.4 Å². The average Bonchev–Trinajstić information content (AvgIpc) is 2.41. The number of hydrogen-bond donors (Lipinski definition) is 1. The van der Waals surface area contributed by atoms with Crippen molar-refractivity contribution >= 4 is 0 Å². The summed E-state index contributed by atoms with van der Waals surface area (Å²) in [5, 5.41) is 3.38. The first-order chi connectivity index (χ1) is 9.63. The Morgan fingerprint density at radius 2 is 1.90 bits per heavy atom. The van der Waals surface area contributed by atoms with Crippen molar-refractivity contribution in [3.8, 4) is 5.88 Å². The number of methoxy groups -OCH3 is 1. The van der Waals surface area contributed by atoms with Crippen LogP contribution in [0.4, 0.5) is 0 Å². The number of pyridine rings is 1. The van der Waals surface area contributed by atoms with Crippen LogP contribution in [-0.4, -0.2) is 44.6 Å². The molecular formula is C15H26N2O3. The standard InChI is InChI=1S/C15H26N2O3/c1-12(2)16-11-14-5-6-15(17-13(14)3)20-10-9-19-8-7-18-4/h5-6,12,16H,7-11H2,1-4H3. The highest BCUT2D eigenvalue weighted by Gasteiger charge is 2.03. The molecule has 0 aromatic carbocycles. The van der Waals surface area contributed by atoms with E-state index in [0.29, 0.717) is 38.3 Å². The molecule has 0 unspecified atom stereocenters. The van der Waals surface area contributed by atoms with Crippen molar-refractivity contribution < 1.29 is 14.2 Å². The molecule has 0 aliphatic rings. The Kier molecular flexibility index (Phi) is 8.18. The van der Waals surface area contributed by atoms with Crippen LogP contribution in [0.25, 0.3) is 0 Å². The van der Waals surface area contributed by atoms with Crippen molar-refractivity contribution in [2.75, 3.05) is 33.5 Å². The smallest absolute Gasteiger partial charge is 0.213 e. The van der Waals surface area contributed by atoms with Crippen LogP contribution in [0, 0.1) is 6.92 Å². The van der Waals surface area contributed by atoms with Gasteiger partial charge in [0.25, 0.3) is 0 Å². The van der Waals surface area contributed by atoms with E-state index in [9.17, 15) is 0 Å². The second kappa shape index (κ2) is 9.69. The third-order valence-corrected chi connectivity index (χ3v) is 2.78. The molecule has 1 aromatic heterocycles. The van der Waals surface area contributed by atoms with Crippen LogP contribution >= 0.6 is 0 Å². The van der Waals surface area contributed by atoms with E-state index in [0.717, 1.165) is 12.2 Å². The molecule has 0 atom stereocenters. The van der Waals surface area contributed by atoms with Gasteiger partial charge >= 0.3 is 0 Å². The van der Waals surface area contributed by atoms with Crippen molar-refractivity contribution in [1.29, 1.82) is 0 Å². The molecule has 0 aliphatic carbocycles. The summed E-state index contributed by atoms with van der Waals surface area (Å²) in [5.41, 5.74) is 2.19. The minimum atomic E-state index is 0.467. The van der Waals surface area contributed by atoms with Gasteiger partial charge in [-0.1, -0.05) is 19.9 Å². The van der Waals surface area contributed by atoms with Crippen molar-refractivity contribution in [3.63, 3.8) is 0 Å². The average molecular weight is 282 g/mol. The quantitative estimate of drug-likeness (QED) is 0.665. The highest BCUT2D eigenvalue weighted by Crippen LogP contribution is 2.12. The highest BCUT2D eigenvalue weighted by molar-refractivity contribution is 5.24. The lowest BCUT2D eigenvalue weighted by molar-refractivity contribution is 0.0536. The largest absolute Gasteiger partial charge is 0.475 e.